The minimum absolute atomic E-state index is 0.0740. The van der Waals surface area contributed by atoms with Gasteiger partial charge in [0.25, 0.3) is 0 Å². The number of carbonyl (C=O) groups is 1. The maximum absolute atomic E-state index is 11.7. The summed E-state index contributed by atoms with van der Waals surface area (Å²) in [5.74, 6) is 1.07. The number of carbonyl (C=O) groups excluding carboxylic acids is 1. The van der Waals surface area contributed by atoms with Crippen LogP contribution in [0, 0.1) is 13.8 Å². The van der Waals surface area contributed by atoms with Gasteiger partial charge >= 0.3 is 0 Å². The molecule has 0 aliphatic carbocycles. The van der Waals surface area contributed by atoms with Crippen LogP contribution in [0.3, 0.4) is 0 Å². The number of nitrogens with zero attached hydrogens (tertiary/aromatic N) is 1. The summed E-state index contributed by atoms with van der Waals surface area (Å²) in [5, 5.41) is 9.65. The lowest BCUT2D eigenvalue weighted by Gasteiger charge is -2.05. The molecule has 0 saturated heterocycles. The number of hydrogen-bond acceptors (Lipinski definition) is 4. The topological polar surface area (TPSA) is 67.2 Å². The molecule has 5 heteroatoms. The summed E-state index contributed by atoms with van der Waals surface area (Å²) in [5.41, 5.74) is 2.46. The lowest BCUT2D eigenvalue weighted by molar-refractivity contribution is -0.116. The molecule has 1 heterocycles. The lowest BCUT2D eigenvalue weighted by Crippen LogP contribution is -2.21. The maximum atomic E-state index is 11.7. The van der Waals surface area contributed by atoms with E-state index in [9.17, 15) is 4.79 Å². The quantitative estimate of drug-likeness (QED) is 0.793. The van der Waals surface area contributed by atoms with E-state index in [1.807, 2.05) is 6.07 Å². The first-order chi connectivity index (χ1) is 9.63. The van der Waals surface area contributed by atoms with Gasteiger partial charge < -0.3 is 15.2 Å². The molecule has 0 aliphatic rings. The van der Waals surface area contributed by atoms with Gasteiger partial charge in [-0.05, 0) is 19.4 Å². The van der Waals surface area contributed by atoms with E-state index in [2.05, 4.69) is 40.9 Å². The second-order valence-electron chi connectivity index (χ2n) is 4.79. The molecule has 0 radical (unpaired) electrons. The van der Waals surface area contributed by atoms with Crippen molar-refractivity contribution >= 4 is 11.7 Å². The van der Waals surface area contributed by atoms with Crippen molar-refractivity contribution < 1.29 is 9.32 Å². The minimum Gasteiger partial charge on any atom is -0.360 e. The van der Waals surface area contributed by atoms with Gasteiger partial charge in [-0.2, -0.15) is 0 Å². The van der Waals surface area contributed by atoms with Gasteiger partial charge in [0.1, 0.15) is 5.76 Å². The molecule has 0 spiro atoms. The van der Waals surface area contributed by atoms with Crippen LogP contribution in [0.5, 0.6) is 0 Å². The van der Waals surface area contributed by atoms with Crippen LogP contribution in [0.15, 0.2) is 34.9 Å². The van der Waals surface area contributed by atoms with Crippen molar-refractivity contribution in [2.75, 3.05) is 11.9 Å². The smallest absolute Gasteiger partial charge is 0.226 e. The van der Waals surface area contributed by atoms with E-state index in [0.717, 1.165) is 6.54 Å². The van der Waals surface area contributed by atoms with Crippen LogP contribution in [0.1, 0.15) is 23.3 Å². The molecular formula is C15H19N3O2. The van der Waals surface area contributed by atoms with Crippen LogP contribution >= 0.6 is 0 Å². The molecule has 2 rings (SSSR count). The molecule has 0 unspecified atom stereocenters. The Morgan fingerprint density at radius 1 is 1.30 bits per heavy atom. The van der Waals surface area contributed by atoms with Crippen LogP contribution in [0.2, 0.25) is 0 Å². The van der Waals surface area contributed by atoms with Crippen LogP contribution in [0.25, 0.3) is 0 Å². The predicted molar refractivity (Wildman–Crippen MR) is 77.4 cm³/mol. The van der Waals surface area contributed by atoms with Crippen molar-refractivity contribution in [1.82, 2.24) is 10.5 Å². The monoisotopic (exact) mass is 273 g/mol. The number of aromatic nitrogens is 1. The molecule has 1 aromatic carbocycles. The molecule has 1 aromatic heterocycles. The Morgan fingerprint density at radius 3 is 2.85 bits per heavy atom. The van der Waals surface area contributed by atoms with Crippen LogP contribution in [-0.2, 0) is 11.3 Å². The Kier molecular flexibility index (Phi) is 4.90. The van der Waals surface area contributed by atoms with Crippen LogP contribution < -0.4 is 10.6 Å². The van der Waals surface area contributed by atoms with E-state index in [0.29, 0.717) is 24.5 Å². The molecule has 0 fully saturated rings. The number of anilines is 1. The number of nitrogens with one attached hydrogen (secondary N) is 2. The van der Waals surface area contributed by atoms with Crippen molar-refractivity contribution in [1.29, 1.82) is 0 Å². The summed E-state index contributed by atoms with van der Waals surface area (Å²) in [6.45, 7) is 5.23. The lowest BCUT2D eigenvalue weighted by atomic mass is 10.1. The number of benzene rings is 1. The average molecular weight is 273 g/mol. The Morgan fingerprint density at radius 2 is 2.15 bits per heavy atom. The normalized spacial score (nSPS) is 10.5. The van der Waals surface area contributed by atoms with E-state index in [1.54, 1.807) is 13.0 Å². The van der Waals surface area contributed by atoms with E-state index in [4.69, 9.17) is 4.52 Å². The molecule has 1 amide bonds. The average Bonchev–Trinajstić information content (AvgIpc) is 2.80. The first-order valence-electron chi connectivity index (χ1n) is 6.63. The van der Waals surface area contributed by atoms with E-state index < -0.39 is 0 Å². The second-order valence-corrected chi connectivity index (χ2v) is 4.79. The fourth-order valence-electron chi connectivity index (χ4n) is 1.89. The molecule has 0 saturated carbocycles. The van der Waals surface area contributed by atoms with Gasteiger partial charge in [-0.3, -0.25) is 4.79 Å². The van der Waals surface area contributed by atoms with Crippen molar-refractivity contribution in [3.8, 4) is 0 Å². The van der Waals surface area contributed by atoms with Crippen molar-refractivity contribution in [2.45, 2.75) is 26.8 Å². The SMILES string of the molecule is Cc1cccc(CNCCC(=O)Nc2cc(C)on2)c1. The van der Waals surface area contributed by atoms with Gasteiger partial charge in [-0.15, -0.1) is 0 Å². The molecule has 106 valence electrons. The van der Waals surface area contributed by atoms with Gasteiger partial charge in [-0.25, -0.2) is 0 Å². The number of amides is 1. The third-order valence-electron chi connectivity index (χ3n) is 2.84. The van der Waals surface area contributed by atoms with Crippen molar-refractivity contribution in [3.63, 3.8) is 0 Å². The summed E-state index contributed by atoms with van der Waals surface area (Å²) < 4.78 is 4.88. The summed E-state index contributed by atoms with van der Waals surface area (Å²) in [4.78, 5) is 11.7. The third kappa shape index (κ3) is 4.51. The number of rotatable bonds is 6. The highest BCUT2D eigenvalue weighted by molar-refractivity contribution is 5.89. The summed E-state index contributed by atoms with van der Waals surface area (Å²) in [7, 11) is 0. The summed E-state index contributed by atoms with van der Waals surface area (Å²) in [6.07, 6.45) is 0.401. The van der Waals surface area contributed by atoms with Crippen LogP contribution in [-0.4, -0.2) is 17.6 Å². The zero-order valence-electron chi connectivity index (χ0n) is 11.8. The molecule has 0 aliphatic heterocycles. The molecule has 0 bridgehead atoms. The highest BCUT2D eigenvalue weighted by atomic mass is 16.5. The molecular weight excluding hydrogens is 254 g/mol. The summed E-state index contributed by atoms with van der Waals surface area (Å²) >= 11 is 0. The Labute approximate surface area is 118 Å². The first-order valence-corrected chi connectivity index (χ1v) is 6.63. The van der Waals surface area contributed by atoms with Gasteiger partial charge in [0.05, 0.1) is 0 Å². The fraction of sp³-hybridized carbons (Fsp3) is 0.333. The van der Waals surface area contributed by atoms with E-state index in [1.165, 1.54) is 11.1 Å². The number of aryl methyl sites for hydroxylation is 2. The largest absolute Gasteiger partial charge is 0.360 e. The Bertz CT molecular complexity index is 578. The van der Waals surface area contributed by atoms with E-state index in [-0.39, 0.29) is 5.91 Å². The molecule has 2 N–H and O–H groups in total. The summed E-state index contributed by atoms with van der Waals surface area (Å²) in [6, 6.07) is 9.99. The molecule has 2 aromatic rings. The first kappa shape index (κ1) is 14.3. The number of hydrogen-bond donors (Lipinski definition) is 2. The highest BCUT2D eigenvalue weighted by Crippen LogP contribution is 2.07. The third-order valence-corrected chi connectivity index (χ3v) is 2.84. The van der Waals surface area contributed by atoms with Gasteiger partial charge in [0, 0.05) is 25.6 Å². The zero-order chi connectivity index (χ0) is 14.4. The van der Waals surface area contributed by atoms with Crippen molar-refractivity contribution in [2.24, 2.45) is 0 Å². The highest BCUT2D eigenvalue weighted by Gasteiger charge is 2.05. The second kappa shape index (κ2) is 6.86. The van der Waals surface area contributed by atoms with E-state index >= 15 is 0 Å². The zero-order valence-corrected chi connectivity index (χ0v) is 11.8. The van der Waals surface area contributed by atoms with Gasteiger partial charge in [0.2, 0.25) is 5.91 Å². The Hall–Kier alpha value is -2.14. The van der Waals surface area contributed by atoms with Crippen LogP contribution in [0.4, 0.5) is 5.82 Å². The van der Waals surface area contributed by atoms with Crippen molar-refractivity contribution in [3.05, 3.63) is 47.2 Å². The minimum atomic E-state index is -0.0740. The van der Waals surface area contributed by atoms with Gasteiger partial charge in [0.15, 0.2) is 5.82 Å². The molecule has 0 atom stereocenters. The standard InChI is InChI=1S/C15H19N3O2/c1-11-4-3-5-13(8-11)10-16-7-6-15(19)17-14-9-12(2)20-18-14/h3-5,8-9,16H,6-7,10H2,1-2H3,(H,17,18,19). The van der Waals surface area contributed by atoms with Gasteiger partial charge in [-0.1, -0.05) is 35.0 Å². The molecule has 20 heavy (non-hydrogen) atoms. The molecule has 5 nitrogen and oxygen atoms in total. The predicted octanol–water partition coefficient (Wildman–Crippen LogP) is 2.41. The Balaban J connectivity index is 1.67. The fourth-order valence-corrected chi connectivity index (χ4v) is 1.89. The maximum Gasteiger partial charge on any atom is 0.226 e.